The topological polar surface area (TPSA) is 80.5 Å². The first-order valence-electron chi connectivity index (χ1n) is 9.20. The average Bonchev–Trinajstić information content (AvgIpc) is 2.71. The quantitative estimate of drug-likeness (QED) is 0.362. The second kappa shape index (κ2) is 6.88. The summed E-state index contributed by atoms with van der Waals surface area (Å²) >= 11 is 0. The van der Waals surface area contributed by atoms with E-state index in [1.165, 1.54) is 12.1 Å². The normalized spacial score (nSPS) is 13.2. The molecule has 0 N–H and O–H groups in total. The van der Waals surface area contributed by atoms with Crippen LogP contribution in [-0.4, -0.2) is 16.7 Å². The maximum atomic E-state index is 13.1. The van der Waals surface area contributed by atoms with E-state index in [-0.39, 0.29) is 5.69 Å². The van der Waals surface area contributed by atoms with Gasteiger partial charge in [0.15, 0.2) is 0 Å². The van der Waals surface area contributed by atoms with Crippen LogP contribution in [0.3, 0.4) is 0 Å². The van der Waals surface area contributed by atoms with Crippen molar-refractivity contribution in [2.75, 3.05) is 4.90 Å². The first-order chi connectivity index (χ1) is 13.5. The highest BCUT2D eigenvalue weighted by molar-refractivity contribution is 6.36. The molecule has 140 valence electrons. The Hall–Kier alpha value is -3.54. The fraction of sp³-hybridized carbons (Fsp3) is 0.182. The zero-order chi connectivity index (χ0) is 19.8. The summed E-state index contributed by atoms with van der Waals surface area (Å²) in [5, 5.41) is 12.0. The minimum Gasteiger partial charge on any atom is -0.268 e. The summed E-state index contributed by atoms with van der Waals surface area (Å²) in [4.78, 5) is 38.1. The summed E-state index contributed by atoms with van der Waals surface area (Å²) in [5.41, 5.74) is 2.13. The highest BCUT2D eigenvalue weighted by Gasteiger charge is 2.35. The molecule has 0 spiro atoms. The van der Waals surface area contributed by atoms with E-state index in [1.807, 2.05) is 12.1 Å². The number of nitro groups is 1. The highest BCUT2D eigenvalue weighted by atomic mass is 16.6. The molecule has 0 radical (unpaired) electrons. The van der Waals surface area contributed by atoms with Gasteiger partial charge >= 0.3 is 0 Å². The third-order valence-corrected chi connectivity index (χ3v) is 5.09. The molecule has 1 aliphatic heterocycles. The Morgan fingerprint density at radius 1 is 0.929 bits per heavy atom. The number of hydrogen-bond donors (Lipinski definition) is 0. The Bertz CT molecular complexity index is 1100. The van der Waals surface area contributed by atoms with Gasteiger partial charge in [-0.05, 0) is 48.7 Å². The first-order valence-corrected chi connectivity index (χ1v) is 9.20. The van der Waals surface area contributed by atoms with E-state index in [0.29, 0.717) is 27.6 Å². The summed E-state index contributed by atoms with van der Waals surface area (Å²) in [5.74, 6) is -0.935. The molecule has 1 aliphatic rings. The van der Waals surface area contributed by atoms with E-state index in [0.717, 1.165) is 29.7 Å². The molecule has 2 amide bonds. The van der Waals surface area contributed by atoms with Crippen molar-refractivity contribution in [2.45, 2.75) is 26.2 Å². The van der Waals surface area contributed by atoms with E-state index in [2.05, 4.69) is 6.92 Å². The molecule has 4 rings (SSSR count). The van der Waals surface area contributed by atoms with Crippen molar-refractivity contribution >= 4 is 34.0 Å². The summed E-state index contributed by atoms with van der Waals surface area (Å²) in [6, 6.07) is 14.9. The minimum absolute atomic E-state index is 0.116. The fourth-order valence-corrected chi connectivity index (χ4v) is 3.67. The number of hydrogen-bond acceptors (Lipinski definition) is 4. The zero-order valence-electron chi connectivity index (χ0n) is 15.3. The highest BCUT2D eigenvalue weighted by Crippen LogP contribution is 2.36. The zero-order valence-corrected chi connectivity index (χ0v) is 15.3. The van der Waals surface area contributed by atoms with Crippen LogP contribution in [0.2, 0.25) is 0 Å². The molecule has 0 aliphatic carbocycles. The van der Waals surface area contributed by atoms with Gasteiger partial charge in [-0.2, -0.15) is 0 Å². The van der Waals surface area contributed by atoms with Gasteiger partial charge in [-0.15, -0.1) is 0 Å². The number of carbonyl (C=O) groups excluding carboxylic acids is 2. The Labute approximate surface area is 161 Å². The lowest BCUT2D eigenvalue weighted by atomic mass is 9.92. The Morgan fingerprint density at radius 3 is 2.25 bits per heavy atom. The van der Waals surface area contributed by atoms with Gasteiger partial charge in [-0.3, -0.25) is 19.7 Å². The van der Waals surface area contributed by atoms with Gasteiger partial charge in [-0.25, -0.2) is 4.90 Å². The predicted octanol–water partition coefficient (Wildman–Crippen LogP) is 4.89. The van der Waals surface area contributed by atoms with Crippen molar-refractivity contribution in [3.8, 4) is 0 Å². The SMILES string of the molecule is CCCCc1ccc(N2C(=O)c3cccc4c([N+](=O)[O-])ccc(c34)C2=O)cc1. The van der Waals surface area contributed by atoms with Crippen molar-refractivity contribution < 1.29 is 14.5 Å². The molecule has 1 heterocycles. The van der Waals surface area contributed by atoms with Gasteiger partial charge in [0.25, 0.3) is 17.5 Å². The molecule has 6 nitrogen and oxygen atoms in total. The monoisotopic (exact) mass is 374 g/mol. The van der Waals surface area contributed by atoms with Crippen LogP contribution in [0.4, 0.5) is 11.4 Å². The van der Waals surface area contributed by atoms with Crippen molar-refractivity contribution in [3.05, 3.63) is 81.4 Å². The molecule has 0 atom stereocenters. The number of imide groups is 1. The van der Waals surface area contributed by atoms with Gasteiger partial charge in [0.2, 0.25) is 0 Å². The van der Waals surface area contributed by atoms with Crippen LogP contribution < -0.4 is 4.90 Å². The number of benzene rings is 3. The number of non-ortho nitro benzene ring substituents is 1. The van der Waals surface area contributed by atoms with Gasteiger partial charge < -0.3 is 0 Å². The lowest BCUT2D eigenvalue weighted by molar-refractivity contribution is -0.383. The number of anilines is 1. The van der Waals surface area contributed by atoms with Crippen LogP contribution in [0.25, 0.3) is 10.8 Å². The summed E-state index contributed by atoms with van der Waals surface area (Å²) in [7, 11) is 0. The maximum Gasteiger partial charge on any atom is 0.277 e. The molecule has 3 aromatic carbocycles. The molecule has 0 saturated carbocycles. The lowest BCUT2D eigenvalue weighted by Gasteiger charge is -2.27. The second-order valence-corrected chi connectivity index (χ2v) is 6.83. The van der Waals surface area contributed by atoms with Crippen LogP contribution in [0.15, 0.2) is 54.6 Å². The molecule has 0 saturated heterocycles. The van der Waals surface area contributed by atoms with Crippen molar-refractivity contribution in [3.63, 3.8) is 0 Å². The minimum atomic E-state index is -0.501. The average molecular weight is 374 g/mol. The van der Waals surface area contributed by atoms with Crippen molar-refractivity contribution in [2.24, 2.45) is 0 Å². The van der Waals surface area contributed by atoms with Gasteiger partial charge in [-0.1, -0.05) is 31.5 Å². The number of unbranched alkanes of at least 4 members (excludes halogenated alkanes) is 1. The molecule has 0 aromatic heterocycles. The standard InChI is InChI=1S/C22H18N2O4/c1-2-3-5-14-8-10-15(11-9-14)23-21(25)17-7-4-6-16-19(24(27)28)13-12-18(20(16)17)22(23)26/h4,6-13H,2-3,5H2,1H3. The number of nitro benzene ring substituents is 1. The summed E-state index contributed by atoms with van der Waals surface area (Å²) < 4.78 is 0. The number of amides is 2. The van der Waals surface area contributed by atoms with Gasteiger partial charge in [0, 0.05) is 22.6 Å². The molecular weight excluding hydrogens is 356 g/mol. The molecule has 0 unspecified atom stereocenters. The van der Waals surface area contributed by atoms with Gasteiger partial charge in [0.05, 0.1) is 16.0 Å². The Kier molecular flexibility index (Phi) is 4.39. The number of nitrogens with zero attached hydrogens (tertiary/aromatic N) is 2. The predicted molar refractivity (Wildman–Crippen MR) is 107 cm³/mol. The summed E-state index contributed by atoms with van der Waals surface area (Å²) in [6.07, 6.45) is 3.12. The number of aryl methyl sites for hydroxylation is 1. The van der Waals surface area contributed by atoms with E-state index >= 15 is 0 Å². The second-order valence-electron chi connectivity index (χ2n) is 6.83. The molecule has 3 aromatic rings. The largest absolute Gasteiger partial charge is 0.277 e. The smallest absolute Gasteiger partial charge is 0.268 e. The van der Waals surface area contributed by atoms with E-state index in [9.17, 15) is 19.7 Å². The van der Waals surface area contributed by atoms with Crippen LogP contribution in [0.5, 0.6) is 0 Å². The third-order valence-electron chi connectivity index (χ3n) is 5.09. The van der Waals surface area contributed by atoms with Crippen LogP contribution in [0.1, 0.15) is 46.0 Å². The fourth-order valence-electron chi connectivity index (χ4n) is 3.67. The van der Waals surface area contributed by atoms with Crippen LogP contribution in [-0.2, 0) is 6.42 Å². The van der Waals surface area contributed by atoms with Crippen LogP contribution >= 0.6 is 0 Å². The van der Waals surface area contributed by atoms with Crippen molar-refractivity contribution in [1.82, 2.24) is 0 Å². The number of rotatable bonds is 5. The molecular formula is C22H18N2O4. The molecule has 6 heteroatoms. The molecule has 0 bridgehead atoms. The van der Waals surface area contributed by atoms with E-state index in [1.54, 1.807) is 30.3 Å². The van der Waals surface area contributed by atoms with Crippen LogP contribution in [0, 0.1) is 10.1 Å². The Balaban J connectivity index is 1.81. The molecule has 0 fully saturated rings. The molecule has 28 heavy (non-hydrogen) atoms. The van der Waals surface area contributed by atoms with Crippen molar-refractivity contribution in [1.29, 1.82) is 0 Å². The maximum absolute atomic E-state index is 13.1. The van der Waals surface area contributed by atoms with E-state index in [4.69, 9.17) is 0 Å². The third kappa shape index (κ3) is 2.74. The number of carbonyl (C=O) groups is 2. The summed E-state index contributed by atoms with van der Waals surface area (Å²) in [6.45, 7) is 2.13. The first kappa shape index (κ1) is 17.9. The Morgan fingerprint density at radius 2 is 1.61 bits per heavy atom. The van der Waals surface area contributed by atoms with Gasteiger partial charge in [0.1, 0.15) is 0 Å². The lowest BCUT2D eigenvalue weighted by Crippen LogP contribution is -2.40. The van der Waals surface area contributed by atoms with E-state index < -0.39 is 16.7 Å².